The van der Waals surface area contributed by atoms with E-state index in [9.17, 15) is 48.4 Å². The lowest BCUT2D eigenvalue weighted by Crippen LogP contribution is -2.33. The molecule has 22 nitrogen and oxygen atoms in total. The van der Waals surface area contributed by atoms with E-state index in [1.807, 2.05) is 54.6 Å². The minimum absolute atomic E-state index is 0.0143. The van der Waals surface area contributed by atoms with Crippen LogP contribution in [0.15, 0.2) is 103 Å². The molecule has 0 aliphatic carbocycles. The van der Waals surface area contributed by atoms with E-state index >= 15 is 0 Å². The number of carboxylic acids is 5. The van der Waals surface area contributed by atoms with Crippen molar-refractivity contribution in [1.29, 1.82) is 0 Å². The molecular formula is C51H59FN2O20. The van der Waals surface area contributed by atoms with Crippen LogP contribution in [0.3, 0.4) is 0 Å². The molecule has 74 heavy (non-hydrogen) atoms. The first-order valence-electron chi connectivity index (χ1n) is 21.8. The van der Waals surface area contributed by atoms with Gasteiger partial charge in [-0.3, -0.25) is 34.1 Å². The second-order valence-electron chi connectivity index (χ2n) is 15.9. The van der Waals surface area contributed by atoms with Gasteiger partial charge >= 0.3 is 35.8 Å². The van der Waals surface area contributed by atoms with Crippen molar-refractivity contribution < 1.29 is 97.5 Å². The van der Waals surface area contributed by atoms with E-state index in [4.69, 9.17) is 55.3 Å². The molecule has 1 atom stereocenters. The molecule has 9 N–H and O–H groups in total. The Hall–Kier alpha value is -8.99. The van der Waals surface area contributed by atoms with Gasteiger partial charge in [0.05, 0.1) is 57.3 Å². The van der Waals surface area contributed by atoms with Crippen LogP contribution in [-0.2, 0) is 41.6 Å². The van der Waals surface area contributed by atoms with Crippen molar-refractivity contribution in [2.45, 2.75) is 58.5 Å². The summed E-state index contributed by atoms with van der Waals surface area (Å²) < 4.78 is 37.6. The molecule has 5 rings (SSSR count). The molecule has 0 radical (unpaired) electrons. The van der Waals surface area contributed by atoms with Gasteiger partial charge in [-0.15, -0.1) is 0 Å². The number of aliphatic carboxylic acids is 4. The van der Waals surface area contributed by atoms with E-state index in [0.717, 1.165) is 23.3 Å². The summed E-state index contributed by atoms with van der Waals surface area (Å²) in [4.78, 5) is 73.6. The fraction of sp³-hybridized carbons (Fsp3) is 0.294. The average Bonchev–Trinajstić information content (AvgIpc) is 3.33. The number of hydrogen-bond donors (Lipinski definition) is 8. The number of esters is 1. The molecule has 5 aromatic carbocycles. The number of methoxy groups -OCH3 is 3. The fourth-order valence-corrected chi connectivity index (χ4v) is 5.70. The lowest BCUT2D eigenvalue weighted by molar-refractivity contribution is -0.385. The lowest BCUT2D eigenvalue weighted by Gasteiger charge is -2.21. The van der Waals surface area contributed by atoms with Gasteiger partial charge in [-0.2, -0.15) is 0 Å². The molecule has 400 valence electrons. The number of carbonyl (C=O) groups is 6. The largest absolute Gasteiger partial charge is 0.508 e. The van der Waals surface area contributed by atoms with Crippen molar-refractivity contribution in [3.8, 4) is 45.6 Å². The van der Waals surface area contributed by atoms with E-state index < -0.39 is 64.5 Å². The molecular weight excluding hydrogens is 980 g/mol. The van der Waals surface area contributed by atoms with Crippen LogP contribution in [0.5, 0.6) is 34.5 Å². The zero-order chi connectivity index (χ0) is 56.1. The van der Waals surface area contributed by atoms with Crippen molar-refractivity contribution in [2.24, 2.45) is 11.7 Å². The highest BCUT2D eigenvalue weighted by Gasteiger charge is 2.30. The number of aromatic carboxylic acids is 1. The van der Waals surface area contributed by atoms with Crippen LogP contribution < -0.4 is 24.7 Å². The maximum Gasteiger partial charge on any atom is 0.335 e. The van der Waals surface area contributed by atoms with Crippen molar-refractivity contribution in [3.05, 3.63) is 136 Å². The van der Waals surface area contributed by atoms with Crippen molar-refractivity contribution in [1.82, 2.24) is 0 Å². The number of benzene rings is 5. The summed E-state index contributed by atoms with van der Waals surface area (Å²) in [6.45, 7) is 5.40. The molecule has 0 amide bonds. The topological polar surface area (TPSA) is 359 Å². The van der Waals surface area contributed by atoms with E-state index in [1.54, 1.807) is 20.8 Å². The van der Waals surface area contributed by atoms with Crippen molar-refractivity contribution in [3.63, 3.8) is 0 Å². The number of phenols is 2. The van der Waals surface area contributed by atoms with E-state index in [2.05, 4.69) is 4.74 Å². The van der Waals surface area contributed by atoms with Crippen LogP contribution >= 0.6 is 0 Å². The molecule has 0 heterocycles. The average molecular weight is 1040 g/mol. The number of nitro groups is 1. The lowest BCUT2D eigenvalue weighted by atomic mass is 10.1. The Morgan fingerprint density at radius 2 is 1.26 bits per heavy atom. The third-order valence-corrected chi connectivity index (χ3v) is 9.19. The standard InChI is InChI=1S/C15H14O3.C10H11NO6.C9H17NO4.C9H10O4.C8H7FO3/c16-15(17)10-11-18-14-8-6-13(7-9-14)12-4-2-1-3-5-12;1-16-8-3-6(4-10(12)13)7(11(14)15)5-9(8)17-2;1-9(2,3)14-8(13)6(4-5-10)7(11)12;10-7-3-1-6(8(11)5-7)2-4-9(12)13;1-12-7-3-2-5(8(10)11)4-6(7)9/h1-9H,10-11H2,(H,16,17);3,5H,4H2,1-2H3,(H,12,13);6H,4-5,10H2,1-3H3,(H,11,12);1,3,5,10-11H,2,4H2,(H,12,13);2-4H,1H3,(H,10,11). The number of phenolic OH excluding ortho intramolecular Hbond substituents is 2. The van der Waals surface area contributed by atoms with Gasteiger partial charge in [0.2, 0.25) is 0 Å². The number of carboxylic acid groups (broad SMARTS) is 5. The number of aryl methyl sites for hydroxylation is 1. The van der Waals surface area contributed by atoms with E-state index in [1.165, 1.54) is 57.7 Å². The van der Waals surface area contributed by atoms with Crippen LogP contribution in [0.1, 0.15) is 61.5 Å². The maximum atomic E-state index is 12.8. The van der Waals surface area contributed by atoms with Gasteiger partial charge < -0.3 is 65.2 Å². The number of ether oxygens (including phenoxy) is 5. The van der Waals surface area contributed by atoms with Crippen molar-refractivity contribution >= 4 is 41.5 Å². The molecule has 23 heteroatoms. The van der Waals surface area contributed by atoms with Gasteiger partial charge in [-0.05, 0) is 99.3 Å². The smallest absolute Gasteiger partial charge is 0.335 e. The number of nitrogens with two attached hydrogens (primary N) is 1. The van der Waals surface area contributed by atoms with E-state index in [-0.39, 0.29) is 84.4 Å². The van der Waals surface area contributed by atoms with Crippen LogP contribution in [0, 0.1) is 21.8 Å². The number of nitrogens with zero attached hydrogens (tertiary/aromatic N) is 1. The van der Waals surface area contributed by atoms with Gasteiger partial charge in [0.25, 0.3) is 5.69 Å². The second kappa shape index (κ2) is 32.1. The SMILES string of the molecule is CC(C)(C)OC(=O)C(CCN)C(=O)O.COc1cc(CC(=O)O)c([N+](=O)[O-])cc1OC.COc1ccc(C(=O)O)cc1F.O=C(O)CCOc1ccc(-c2ccccc2)cc1.O=C(O)CCc1ccc(O)cc1O. The summed E-state index contributed by atoms with van der Waals surface area (Å²) in [6, 6.07) is 27.7. The molecule has 0 saturated heterocycles. The molecule has 0 spiro atoms. The number of rotatable bonds is 19. The summed E-state index contributed by atoms with van der Waals surface area (Å²) in [5, 5.41) is 71.7. The summed E-state index contributed by atoms with van der Waals surface area (Å²) >= 11 is 0. The maximum absolute atomic E-state index is 12.8. The zero-order valence-electron chi connectivity index (χ0n) is 41.2. The highest BCUT2D eigenvalue weighted by molar-refractivity contribution is 5.94. The predicted octanol–water partition coefficient (Wildman–Crippen LogP) is 7.47. The van der Waals surface area contributed by atoms with Gasteiger partial charge in [-0.25, -0.2) is 9.18 Å². The second-order valence-corrected chi connectivity index (χ2v) is 15.9. The van der Waals surface area contributed by atoms with Crippen LogP contribution in [0.2, 0.25) is 0 Å². The summed E-state index contributed by atoms with van der Waals surface area (Å²) in [5.74, 6) is -6.73. The van der Waals surface area contributed by atoms with Crippen LogP contribution in [-0.4, -0.2) is 117 Å². The summed E-state index contributed by atoms with van der Waals surface area (Å²) in [7, 11) is 4.03. The number of aromatic hydroxyl groups is 2. The Labute approximate surface area is 424 Å². The monoisotopic (exact) mass is 1040 g/mol. The minimum atomic E-state index is -1.19. The van der Waals surface area contributed by atoms with Crippen LogP contribution in [0.4, 0.5) is 10.1 Å². The Morgan fingerprint density at radius 3 is 1.72 bits per heavy atom. The number of hydrogen-bond acceptors (Lipinski definition) is 16. The molecule has 0 aliphatic rings. The molecule has 0 bridgehead atoms. The van der Waals surface area contributed by atoms with Gasteiger partial charge in [0.1, 0.15) is 22.8 Å². The summed E-state index contributed by atoms with van der Waals surface area (Å²) in [6.07, 6.45) is -0.0961. The molecule has 0 saturated carbocycles. The first-order valence-corrected chi connectivity index (χ1v) is 21.8. The fourth-order valence-electron chi connectivity index (χ4n) is 5.70. The Balaban J connectivity index is 0.000000467. The highest BCUT2D eigenvalue weighted by Crippen LogP contribution is 2.35. The quantitative estimate of drug-likeness (QED) is 0.0172. The van der Waals surface area contributed by atoms with Gasteiger partial charge in [-0.1, -0.05) is 48.5 Å². The Kier molecular flexibility index (Phi) is 27.3. The Morgan fingerprint density at radius 1 is 0.689 bits per heavy atom. The molecule has 0 aromatic heterocycles. The third kappa shape index (κ3) is 24.2. The molecule has 0 fully saturated rings. The Bertz CT molecular complexity index is 2640. The molecule has 5 aromatic rings. The first kappa shape index (κ1) is 63.0. The minimum Gasteiger partial charge on any atom is -0.508 e. The van der Waals surface area contributed by atoms with Gasteiger partial charge in [0.15, 0.2) is 29.0 Å². The predicted molar refractivity (Wildman–Crippen MR) is 263 cm³/mol. The van der Waals surface area contributed by atoms with Gasteiger partial charge in [0, 0.05) is 18.1 Å². The number of halogens is 1. The van der Waals surface area contributed by atoms with Crippen LogP contribution in [0.25, 0.3) is 11.1 Å². The normalized spacial score (nSPS) is 10.5. The number of carbonyl (C=O) groups excluding carboxylic acids is 1. The molecule has 0 aliphatic heterocycles. The van der Waals surface area contributed by atoms with E-state index in [0.29, 0.717) is 11.3 Å². The summed E-state index contributed by atoms with van der Waals surface area (Å²) in [5.41, 5.74) is 7.00. The third-order valence-electron chi connectivity index (χ3n) is 9.19. The zero-order valence-corrected chi connectivity index (χ0v) is 41.2. The highest BCUT2D eigenvalue weighted by atomic mass is 19.1. The molecule has 1 unspecified atom stereocenters. The van der Waals surface area contributed by atoms with Crippen molar-refractivity contribution in [2.75, 3.05) is 34.5 Å². The first-order chi connectivity index (χ1) is 34.8. The number of nitro benzene ring substituents is 1.